The topological polar surface area (TPSA) is 91.8 Å². The van der Waals surface area contributed by atoms with E-state index < -0.39 is 0 Å². The predicted octanol–water partition coefficient (Wildman–Crippen LogP) is 4.41. The zero-order chi connectivity index (χ0) is 24.4. The van der Waals surface area contributed by atoms with Gasteiger partial charge in [-0.05, 0) is 37.3 Å². The summed E-state index contributed by atoms with van der Waals surface area (Å²) in [5.41, 5.74) is 0.910. The number of nitrogens with one attached hydrogen (secondary N) is 1. The van der Waals surface area contributed by atoms with Crippen molar-refractivity contribution in [1.82, 2.24) is 15.2 Å². The Labute approximate surface area is 205 Å². The van der Waals surface area contributed by atoms with Gasteiger partial charge in [-0.3, -0.25) is 14.6 Å². The van der Waals surface area contributed by atoms with Crippen LogP contribution in [0.3, 0.4) is 0 Å². The van der Waals surface area contributed by atoms with E-state index in [1.807, 2.05) is 12.1 Å². The molecule has 0 aromatic carbocycles. The van der Waals surface area contributed by atoms with Crippen LogP contribution in [0.2, 0.25) is 0 Å². The minimum atomic E-state index is -0.356. The van der Waals surface area contributed by atoms with Gasteiger partial charge in [0.2, 0.25) is 11.8 Å². The number of amides is 2. The molecule has 2 atom stereocenters. The SMILES string of the molecule is CN1C(=O)CC(C(=O)NCCCCCCCOCCCCCCCCCO)C1c1cccnc1. The lowest BCUT2D eigenvalue weighted by Gasteiger charge is -2.24. The molecule has 0 radical (unpaired) electrons. The van der Waals surface area contributed by atoms with Crippen LogP contribution in [0.1, 0.15) is 95.1 Å². The average molecular weight is 476 g/mol. The van der Waals surface area contributed by atoms with Crippen LogP contribution in [0.4, 0.5) is 0 Å². The van der Waals surface area contributed by atoms with Gasteiger partial charge in [-0.1, -0.05) is 57.4 Å². The molecule has 1 saturated heterocycles. The third-order valence-corrected chi connectivity index (χ3v) is 6.66. The molecule has 1 aliphatic rings. The van der Waals surface area contributed by atoms with Crippen LogP contribution in [0.15, 0.2) is 24.5 Å². The molecular formula is C27H45N3O4. The summed E-state index contributed by atoms with van der Waals surface area (Å²) in [7, 11) is 1.76. The van der Waals surface area contributed by atoms with Crippen LogP contribution in [-0.2, 0) is 14.3 Å². The number of aliphatic hydroxyl groups excluding tert-OH is 1. The summed E-state index contributed by atoms with van der Waals surface area (Å²) in [5.74, 6) is -0.388. The molecule has 2 N–H and O–H groups in total. The number of unbranched alkanes of at least 4 members (excludes halogenated alkanes) is 10. The first-order valence-corrected chi connectivity index (χ1v) is 13.3. The highest BCUT2D eigenvalue weighted by Gasteiger charge is 2.42. The van der Waals surface area contributed by atoms with Gasteiger partial charge in [0.1, 0.15) is 0 Å². The molecule has 0 spiro atoms. The van der Waals surface area contributed by atoms with E-state index in [2.05, 4.69) is 10.3 Å². The maximum atomic E-state index is 12.7. The lowest BCUT2D eigenvalue weighted by atomic mass is 9.94. The number of aliphatic hydroxyl groups is 1. The highest BCUT2D eigenvalue weighted by atomic mass is 16.5. The lowest BCUT2D eigenvalue weighted by molar-refractivity contribution is -0.128. The second-order valence-electron chi connectivity index (χ2n) is 9.42. The second kappa shape index (κ2) is 17.4. The minimum absolute atomic E-state index is 0.00506. The number of carbonyl (C=O) groups is 2. The summed E-state index contributed by atoms with van der Waals surface area (Å²) in [5, 5.41) is 11.8. The number of likely N-dealkylation sites (tertiary alicyclic amines) is 1. The molecule has 2 unspecified atom stereocenters. The van der Waals surface area contributed by atoms with E-state index in [4.69, 9.17) is 9.84 Å². The standard InChI is InChI=1S/C27H45N3O4/c1-30-25(32)21-24(26(30)23-15-14-16-28-22-23)27(33)29-17-10-6-5-9-13-20-34-19-12-8-4-2-3-7-11-18-31/h14-16,22,24,26,31H,2-13,17-21H2,1H3,(H,29,33). The number of pyridine rings is 1. The third kappa shape index (κ3) is 10.5. The Hall–Kier alpha value is -1.99. The first-order chi connectivity index (χ1) is 16.6. The fourth-order valence-electron chi connectivity index (χ4n) is 4.62. The zero-order valence-corrected chi connectivity index (χ0v) is 21.1. The van der Waals surface area contributed by atoms with Gasteiger partial charge in [-0.25, -0.2) is 0 Å². The van der Waals surface area contributed by atoms with Crippen LogP contribution in [-0.4, -0.2) is 60.2 Å². The molecule has 1 aromatic rings. The fourth-order valence-corrected chi connectivity index (χ4v) is 4.62. The van der Waals surface area contributed by atoms with Crippen LogP contribution < -0.4 is 5.32 Å². The van der Waals surface area contributed by atoms with Gasteiger partial charge in [0.25, 0.3) is 0 Å². The second-order valence-corrected chi connectivity index (χ2v) is 9.42. The van der Waals surface area contributed by atoms with E-state index >= 15 is 0 Å². The van der Waals surface area contributed by atoms with Crippen molar-refractivity contribution >= 4 is 11.8 Å². The molecule has 34 heavy (non-hydrogen) atoms. The number of hydrogen-bond acceptors (Lipinski definition) is 5. The van der Waals surface area contributed by atoms with Crippen molar-refractivity contribution in [2.75, 3.05) is 33.4 Å². The quantitative estimate of drug-likeness (QED) is 0.289. The predicted molar refractivity (Wildman–Crippen MR) is 134 cm³/mol. The third-order valence-electron chi connectivity index (χ3n) is 6.66. The van der Waals surface area contributed by atoms with Crippen molar-refractivity contribution in [3.63, 3.8) is 0 Å². The largest absolute Gasteiger partial charge is 0.396 e. The Bertz CT molecular complexity index is 686. The Balaban J connectivity index is 1.44. The van der Waals surface area contributed by atoms with Gasteiger partial charge in [0.05, 0.1) is 12.0 Å². The summed E-state index contributed by atoms with van der Waals surface area (Å²) in [6, 6.07) is 3.54. The summed E-state index contributed by atoms with van der Waals surface area (Å²) in [6.07, 6.45) is 17.4. The van der Waals surface area contributed by atoms with Gasteiger partial charge >= 0.3 is 0 Å². The molecule has 7 heteroatoms. The molecule has 192 valence electrons. The highest BCUT2D eigenvalue weighted by Crippen LogP contribution is 2.36. The molecule has 0 bridgehead atoms. The molecule has 1 fully saturated rings. The molecule has 1 aromatic heterocycles. The number of rotatable bonds is 19. The number of nitrogens with zero attached hydrogens (tertiary/aromatic N) is 2. The van der Waals surface area contributed by atoms with Crippen molar-refractivity contribution in [1.29, 1.82) is 0 Å². The summed E-state index contributed by atoms with van der Waals surface area (Å²) in [6.45, 7) is 2.68. The number of hydrogen-bond donors (Lipinski definition) is 2. The molecule has 0 saturated carbocycles. The van der Waals surface area contributed by atoms with Crippen LogP contribution in [0.25, 0.3) is 0 Å². The highest BCUT2D eigenvalue weighted by molar-refractivity contribution is 5.90. The molecule has 0 aliphatic carbocycles. The minimum Gasteiger partial charge on any atom is -0.396 e. The van der Waals surface area contributed by atoms with Crippen molar-refractivity contribution in [3.05, 3.63) is 30.1 Å². The van der Waals surface area contributed by atoms with Gasteiger partial charge in [-0.15, -0.1) is 0 Å². The molecule has 7 nitrogen and oxygen atoms in total. The number of aromatic nitrogens is 1. The van der Waals surface area contributed by atoms with Crippen molar-refractivity contribution in [2.24, 2.45) is 5.92 Å². The Morgan fingerprint density at radius 3 is 2.26 bits per heavy atom. The van der Waals surface area contributed by atoms with Gasteiger partial charge in [0.15, 0.2) is 0 Å². The zero-order valence-electron chi connectivity index (χ0n) is 21.1. The summed E-state index contributed by atoms with van der Waals surface area (Å²) >= 11 is 0. The van der Waals surface area contributed by atoms with E-state index in [0.29, 0.717) is 13.2 Å². The molecular weight excluding hydrogens is 430 g/mol. The van der Waals surface area contributed by atoms with Crippen molar-refractivity contribution in [3.8, 4) is 0 Å². The lowest BCUT2D eigenvalue weighted by Crippen LogP contribution is -2.35. The fraction of sp³-hybridized carbons (Fsp3) is 0.741. The molecule has 2 heterocycles. The van der Waals surface area contributed by atoms with E-state index in [0.717, 1.165) is 70.1 Å². The normalized spacial score (nSPS) is 17.9. The Kier molecular flexibility index (Phi) is 14.5. The Morgan fingerprint density at radius 2 is 1.65 bits per heavy atom. The summed E-state index contributed by atoms with van der Waals surface area (Å²) in [4.78, 5) is 30.8. The average Bonchev–Trinajstić information content (AvgIpc) is 3.15. The van der Waals surface area contributed by atoms with Crippen LogP contribution >= 0.6 is 0 Å². The van der Waals surface area contributed by atoms with E-state index in [1.54, 1.807) is 24.3 Å². The summed E-state index contributed by atoms with van der Waals surface area (Å²) < 4.78 is 5.73. The van der Waals surface area contributed by atoms with Gasteiger partial charge in [0, 0.05) is 52.2 Å². The number of ether oxygens (including phenoxy) is 1. The molecule has 2 rings (SSSR count). The van der Waals surface area contributed by atoms with E-state index in [-0.39, 0.29) is 30.2 Å². The van der Waals surface area contributed by atoms with Crippen LogP contribution in [0.5, 0.6) is 0 Å². The first-order valence-electron chi connectivity index (χ1n) is 13.3. The maximum Gasteiger partial charge on any atom is 0.226 e. The molecule has 2 amide bonds. The van der Waals surface area contributed by atoms with Gasteiger partial charge < -0.3 is 20.1 Å². The smallest absolute Gasteiger partial charge is 0.226 e. The molecule has 1 aliphatic heterocycles. The Morgan fingerprint density at radius 1 is 1.03 bits per heavy atom. The van der Waals surface area contributed by atoms with Gasteiger partial charge in [-0.2, -0.15) is 0 Å². The van der Waals surface area contributed by atoms with Crippen LogP contribution in [0, 0.1) is 5.92 Å². The number of carbonyl (C=O) groups excluding carboxylic acids is 2. The maximum absolute atomic E-state index is 12.7. The first kappa shape index (κ1) is 28.2. The van der Waals surface area contributed by atoms with E-state index in [9.17, 15) is 9.59 Å². The monoisotopic (exact) mass is 475 g/mol. The van der Waals surface area contributed by atoms with Crippen molar-refractivity contribution < 1.29 is 19.4 Å². The van der Waals surface area contributed by atoms with Crippen molar-refractivity contribution in [2.45, 2.75) is 89.5 Å². The van der Waals surface area contributed by atoms with E-state index in [1.165, 1.54) is 25.7 Å².